The standard InChI is InChI=1S/C15H23NO/c1-16-10-4-6-13(8-11-16)15-7-3-2-5-14(15)9-12-17/h2-3,5,7,13,17H,4,6,8-12H2,1H3. The van der Waals surface area contributed by atoms with Gasteiger partial charge >= 0.3 is 0 Å². The highest BCUT2D eigenvalue weighted by Gasteiger charge is 2.18. The Labute approximate surface area is 104 Å². The van der Waals surface area contributed by atoms with Crippen molar-refractivity contribution >= 4 is 0 Å². The van der Waals surface area contributed by atoms with Gasteiger partial charge in [-0.3, -0.25) is 0 Å². The van der Waals surface area contributed by atoms with E-state index in [4.69, 9.17) is 5.11 Å². The van der Waals surface area contributed by atoms with Crippen molar-refractivity contribution in [3.8, 4) is 0 Å². The van der Waals surface area contributed by atoms with E-state index < -0.39 is 0 Å². The van der Waals surface area contributed by atoms with Crippen LogP contribution < -0.4 is 0 Å². The highest BCUT2D eigenvalue weighted by atomic mass is 16.2. The second kappa shape index (κ2) is 6.18. The third-order valence-electron chi connectivity index (χ3n) is 3.83. The molecule has 1 aromatic rings. The van der Waals surface area contributed by atoms with Gasteiger partial charge in [-0.2, -0.15) is 0 Å². The third-order valence-corrected chi connectivity index (χ3v) is 3.83. The minimum atomic E-state index is 0.254. The molecule has 0 radical (unpaired) electrons. The van der Waals surface area contributed by atoms with Crippen LogP contribution in [0.2, 0.25) is 0 Å². The molecule has 0 bridgehead atoms. The molecule has 1 heterocycles. The first-order valence-corrected chi connectivity index (χ1v) is 6.68. The molecule has 1 fully saturated rings. The van der Waals surface area contributed by atoms with E-state index >= 15 is 0 Å². The normalized spacial score (nSPS) is 22.4. The molecule has 0 spiro atoms. The van der Waals surface area contributed by atoms with Crippen molar-refractivity contribution in [2.75, 3.05) is 26.7 Å². The number of nitrogens with zero attached hydrogens (tertiary/aromatic N) is 1. The van der Waals surface area contributed by atoms with Gasteiger partial charge in [-0.15, -0.1) is 0 Å². The minimum absolute atomic E-state index is 0.254. The molecule has 0 aromatic heterocycles. The SMILES string of the molecule is CN1CCCC(c2ccccc2CCO)CC1. The predicted molar refractivity (Wildman–Crippen MR) is 71.3 cm³/mol. The largest absolute Gasteiger partial charge is 0.396 e. The van der Waals surface area contributed by atoms with Crippen molar-refractivity contribution < 1.29 is 5.11 Å². The lowest BCUT2D eigenvalue weighted by Crippen LogP contribution is -2.18. The monoisotopic (exact) mass is 233 g/mol. The van der Waals surface area contributed by atoms with Crippen molar-refractivity contribution in [1.29, 1.82) is 0 Å². The van der Waals surface area contributed by atoms with Crippen LogP contribution in [-0.4, -0.2) is 36.8 Å². The highest BCUT2D eigenvalue weighted by Crippen LogP contribution is 2.30. The number of benzene rings is 1. The van der Waals surface area contributed by atoms with Crippen molar-refractivity contribution in [3.63, 3.8) is 0 Å². The fourth-order valence-corrected chi connectivity index (χ4v) is 2.83. The van der Waals surface area contributed by atoms with Crippen LogP contribution >= 0.6 is 0 Å². The smallest absolute Gasteiger partial charge is 0.0471 e. The summed E-state index contributed by atoms with van der Waals surface area (Å²) in [5.74, 6) is 0.683. The van der Waals surface area contributed by atoms with Crippen LogP contribution in [0.15, 0.2) is 24.3 Å². The summed E-state index contributed by atoms with van der Waals surface area (Å²) in [6.07, 6.45) is 4.61. The fourth-order valence-electron chi connectivity index (χ4n) is 2.83. The summed E-state index contributed by atoms with van der Waals surface area (Å²) < 4.78 is 0. The average Bonchev–Trinajstić information content (AvgIpc) is 2.55. The zero-order valence-corrected chi connectivity index (χ0v) is 10.7. The van der Waals surface area contributed by atoms with Crippen LogP contribution in [0.25, 0.3) is 0 Å². The van der Waals surface area contributed by atoms with Gasteiger partial charge in [0.15, 0.2) is 0 Å². The van der Waals surface area contributed by atoms with E-state index in [1.807, 2.05) is 0 Å². The second-order valence-corrected chi connectivity index (χ2v) is 5.10. The van der Waals surface area contributed by atoms with Crippen LogP contribution in [0.1, 0.15) is 36.3 Å². The zero-order chi connectivity index (χ0) is 12.1. The molecule has 2 nitrogen and oxygen atoms in total. The second-order valence-electron chi connectivity index (χ2n) is 5.10. The molecule has 1 unspecified atom stereocenters. The van der Waals surface area contributed by atoms with E-state index in [0.29, 0.717) is 5.92 Å². The lowest BCUT2D eigenvalue weighted by Gasteiger charge is -2.18. The average molecular weight is 233 g/mol. The van der Waals surface area contributed by atoms with Gasteiger partial charge in [0.05, 0.1) is 0 Å². The maximum Gasteiger partial charge on any atom is 0.0471 e. The van der Waals surface area contributed by atoms with Gasteiger partial charge in [0, 0.05) is 6.61 Å². The van der Waals surface area contributed by atoms with Gasteiger partial charge in [-0.05, 0) is 62.9 Å². The third kappa shape index (κ3) is 3.30. The molecule has 1 N–H and O–H groups in total. The van der Waals surface area contributed by atoms with Gasteiger partial charge in [0.25, 0.3) is 0 Å². The van der Waals surface area contributed by atoms with E-state index in [0.717, 1.165) is 6.42 Å². The lowest BCUT2D eigenvalue weighted by atomic mass is 9.88. The van der Waals surface area contributed by atoms with Gasteiger partial charge in [-0.1, -0.05) is 24.3 Å². The Bertz CT molecular complexity index is 351. The Hall–Kier alpha value is -0.860. The summed E-state index contributed by atoms with van der Waals surface area (Å²) in [6.45, 7) is 2.67. The Morgan fingerprint density at radius 2 is 2.06 bits per heavy atom. The molecule has 2 rings (SSSR count). The molecule has 94 valence electrons. The molecule has 1 saturated heterocycles. The summed E-state index contributed by atoms with van der Waals surface area (Å²) in [6, 6.07) is 8.63. The Kier molecular flexibility index (Phi) is 4.57. The molecular formula is C15H23NO. The molecule has 0 amide bonds. The van der Waals surface area contributed by atoms with E-state index in [9.17, 15) is 0 Å². The molecule has 0 saturated carbocycles. The molecule has 17 heavy (non-hydrogen) atoms. The van der Waals surface area contributed by atoms with Crippen molar-refractivity contribution in [2.24, 2.45) is 0 Å². The van der Waals surface area contributed by atoms with E-state index in [1.165, 1.54) is 43.5 Å². The molecule has 1 aromatic carbocycles. The van der Waals surface area contributed by atoms with Crippen LogP contribution in [0.4, 0.5) is 0 Å². The predicted octanol–water partition coefficient (Wildman–Crippen LogP) is 2.42. The molecule has 1 atom stereocenters. The van der Waals surface area contributed by atoms with Crippen LogP contribution in [-0.2, 0) is 6.42 Å². The summed E-state index contributed by atoms with van der Waals surface area (Å²) in [5, 5.41) is 9.13. The number of hydrogen-bond acceptors (Lipinski definition) is 2. The maximum atomic E-state index is 9.13. The zero-order valence-electron chi connectivity index (χ0n) is 10.7. The van der Waals surface area contributed by atoms with Crippen LogP contribution in [0, 0.1) is 0 Å². The molecular weight excluding hydrogens is 210 g/mol. The first-order valence-electron chi connectivity index (χ1n) is 6.68. The first kappa shape index (κ1) is 12.6. The van der Waals surface area contributed by atoms with E-state index in [2.05, 4.69) is 36.2 Å². The van der Waals surface area contributed by atoms with Crippen LogP contribution in [0.3, 0.4) is 0 Å². The van der Waals surface area contributed by atoms with E-state index in [-0.39, 0.29) is 6.61 Å². The number of rotatable bonds is 3. The minimum Gasteiger partial charge on any atom is -0.396 e. The quantitative estimate of drug-likeness (QED) is 0.866. The Morgan fingerprint density at radius 3 is 2.88 bits per heavy atom. The fraction of sp³-hybridized carbons (Fsp3) is 0.600. The van der Waals surface area contributed by atoms with Crippen molar-refractivity contribution in [1.82, 2.24) is 4.90 Å². The van der Waals surface area contributed by atoms with Crippen molar-refractivity contribution in [3.05, 3.63) is 35.4 Å². The maximum absolute atomic E-state index is 9.13. The van der Waals surface area contributed by atoms with Gasteiger partial charge in [-0.25, -0.2) is 0 Å². The summed E-state index contributed by atoms with van der Waals surface area (Å²) in [4.78, 5) is 2.43. The topological polar surface area (TPSA) is 23.5 Å². The molecule has 0 aliphatic carbocycles. The molecule has 1 aliphatic heterocycles. The first-order chi connectivity index (χ1) is 8.31. The highest BCUT2D eigenvalue weighted by molar-refractivity contribution is 5.30. The molecule has 2 heteroatoms. The molecule has 1 aliphatic rings. The van der Waals surface area contributed by atoms with Gasteiger partial charge < -0.3 is 10.0 Å². The van der Waals surface area contributed by atoms with Crippen molar-refractivity contribution in [2.45, 2.75) is 31.6 Å². The number of aliphatic hydroxyl groups excluding tert-OH is 1. The van der Waals surface area contributed by atoms with E-state index in [1.54, 1.807) is 0 Å². The lowest BCUT2D eigenvalue weighted by molar-refractivity contribution is 0.299. The number of likely N-dealkylation sites (tertiary alicyclic amines) is 1. The summed E-state index contributed by atoms with van der Waals surface area (Å²) in [5.41, 5.74) is 2.81. The van der Waals surface area contributed by atoms with Crippen LogP contribution in [0.5, 0.6) is 0 Å². The number of aliphatic hydroxyl groups is 1. The number of hydrogen-bond donors (Lipinski definition) is 1. The summed E-state index contributed by atoms with van der Waals surface area (Å²) in [7, 11) is 2.21. The van der Waals surface area contributed by atoms with Gasteiger partial charge in [0.1, 0.15) is 0 Å². The Balaban J connectivity index is 2.14. The Morgan fingerprint density at radius 1 is 1.24 bits per heavy atom. The summed E-state index contributed by atoms with van der Waals surface area (Å²) >= 11 is 0. The van der Waals surface area contributed by atoms with Gasteiger partial charge in [0.2, 0.25) is 0 Å².